The zero-order chi connectivity index (χ0) is 16.3. The second-order valence-corrected chi connectivity index (χ2v) is 8.46. The van der Waals surface area contributed by atoms with Gasteiger partial charge in [0.15, 0.2) is 0 Å². The first-order valence-corrected chi connectivity index (χ1v) is 9.65. The minimum atomic E-state index is -3.71. The average Bonchev–Trinajstić information content (AvgIpc) is 2.98. The van der Waals surface area contributed by atoms with Gasteiger partial charge in [0, 0.05) is 17.6 Å². The summed E-state index contributed by atoms with van der Waals surface area (Å²) in [6.07, 6.45) is 1.96. The molecule has 1 aromatic carbocycles. The van der Waals surface area contributed by atoms with Gasteiger partial charge in [0.25, 0.3) is 0 Å². The molecule has 0 bridgehead atoms. The Kier molecular flexibility index (Phi) is 5.63. The maximum atomic E-state index is 12.5. The van der Waals surface area contributed by atoms with Crippen molar-refractivity contribution >= 4 is 31.9 Å². The summed E-state index contributed by atoms with van der Waals surface area (Å²) in [6, 6.07) is 5.64. The molecule has 0 radical (unpaired) electrons. The summed E-state index contributed by atoms with van der Waals surface area (Å²) in [5, 5.41) is 0. The number of amides is 1. The lowest BCUT2D eigenvalue weighted by atomic mass is 10.0. The van der Waals surface area contributed by atoms with Gasteiger partial charge >= 0.3 is 0 Å². The Labute approximate surface area is 140 Å². The highest BCUT2D eigenvalue weighted by Crippen LogP contribution is 2.18. The van der Waals surface area contributed by atoms with E-state index in [2.05, 4.69) is 20.7 Å². The number of hydrogen-bond donors (Lipinski definition) is 1. The molecule has 22 heavy (non-hydrogen) atoms. The van der Waals surface area contributed by atoms with E-state index in [9.17, 15) is 13.2 Å². The first kappa shape index (κ1) is 17.4. The number of carbonyl (C=O) groups is 1. The third-order valence-corrected chi connectivity index (χ3v) is 5.74. The fourth-order valence-corrected chi connectivity index (χ4v) is 4.06. The Hall–Kier alpha value is -0.920. The van der Waals surface area contributed by atoms with E-state index in [1.54, 1.807) is 17.0 Å². The molecule has 2 rings (SSSR count). The van der Waals surface area contributed by atoms with E-state index >= 15 is 0 Å². The van der Waals surface area contributed by atoms with Gasteiger partial charge in [0.1, 0.15) is 6.04 Å². The molecule has 1 N–H and O–H groups in total. The van der Waals surface area contributed by atoms with Gasteiger partial charge in [-0.15, -0.1) is 0 Å². The van der Waals surface area contributed by atoms with E-state index in [1.165, 1.54) is 12.1 Å². The van der Waals surface area contributed by atoms with Crippen molar-refractivity contribution in [2.24, 2.45) is 5.92 Å². The van der Waals surface area contributed by atoms with Crippen LogP contribution in [-0.2, 0) is 14.8 Å². The topological polar surface area (TPSA) is 66.5 Å². The van der Waals surface area contributed by atoms with Crippen molar-refractivity contribution in [2.45, 2.75) is 37.6 Å². The van der Waals surface area contributed by atoms with Gasteiger partial charge in [-0.1, -0.05) is 29.8 Å². The van der Waals surface area contributed by atoms with Crippen molar-refractivity contribution in [2.75, 3.05) is 13.1 Å². The summed E-state index contributed by atoms with van der Waals surface area (Å²) in [5.41, 5.74) is 0. The standard InChI is InChI=1S/C15H21BrN2O3S/c1-11(2)14(15(19)18-9-3-4-10-18)17-22(20,21)13-7-5-12(16)6-8-13/h5-8,11,14,17H,3-4,9-10H2,1-2H3/t14-/m0/s1. The molecule has 0 spiro atoms. The van der Waals surface area contributed by atoms with E-state index in [1.807, 2.05) is 13.8 Å². The van der Waals surface area contributed by atoms with Crippen LogP contribution in [0.3, 0.4) is 0 Å². The number of sulfonamides is 1. The second-order valence-electron chi connectivity index (χ2n) is 5.83. The van der Waals surface area contributed by atoms with Crippen molar-refractivity contribution in [3.05, 3.63) is 28.7 Å². The van der Waals surface area contributed by atoms with Crippen LogP contribution < -0.4 is 4.72 Å². The minimum absolute atomic E-state index is 0.113. The molecule has 0 saturated carbocycles. The smallest absolute Gasteiger partial charge is 0.241 e. The number of likely N-dealkylation sites (tertiary alicyclic amines) is 1. The third kappa shape index (κ3) is 4.08. The van der Waals surface area contributed by atoms with Crippen LogP contribution in [0.25, 0.3) is 0 Å². The molecular formula is C15H21BrN2O3S. The zero-order valence-corrected chi connectivity index (χ0v) is 15.2. The van der Waals surface area contributed by atoms with Crippen LogP contribution in [0.1, 0.15) is 26.7 Å². The van der Waals surface area contributed by atoms with Crippen LogP contribution in [-0.4, -0.2) is 38.4 Å². The summed E-state index contributed by atoms with van der Waals surface area (Å²) >= 11 is 3.28. The third-order valence-electron chi connectivity index (χ3n) is 3.76. The SMILES string of the molecule is CC(C)[C@H](NS(=O)(=O)c1ccc(Br)cc1)C(=O)N1CCCC1. The largest absolute Gasteiger partial charge is 0.341 e. The van der Waals surface area contributed by atoms with Gasteiger partial charge < -0.3 is 4.90 Å². The predicted octanol–water partition coefficient (Wildman–Crippen LogP) is 2.37. The van der Waals surface area contributed by atoms with E-state index in [-0.39, 0.29) is 16.7 Å². The molecule has 0 aliphatic carbocycles. The first-order chi connectivity index (χ1) is 10.3. The van der Waals surface area contributed by atoms with Crippen molar-refractivity contribution in [1.29, 1.82) is 0 Å². The molecule has 122 valence electrons. The van der Waals surface area contributed by atoms with Crippen molar-refractivity contribution in [3.8, 4) is 0 Å². The van der Waals surface area contributed by atoms with Gasteiger partial charge in [-0.3, -0.25) is 4.79 Å². The van der Waals surface area contributed by atoms with Crippen molar-refractivity contribution in [1.82, 2.24) is 9.62 Å². The molecule has 1 aromatic rings. The van der Waals surface area contributed by atoms with E-state index < -0.39 is 16.1 Å². The highest BCUT2D eigenvalue weighted by atomic mass is 79.9. The minimum Gasteiger partial charge on any atom is -0.341 e. The van der Waals surface area contributed by atoms with Crippen molar-refractivity contribution in [3.63, 3.8) is 0 Å². The number of nitrogens with one attached hydrogen (secondary N) is 1. The summed E-state index contributed by atoms with van der Waals surface area (Å²) in [4.78, 5) is 14.4. The van der Waals surface area contributed by atoms with Crippen LogP contribution in [0.5, 0.6) is 0 Å². The number of nitrogens with zero attached hydrogens (tertiary/aromatic N) is 1. The van der Waals surface area contributed by atoms with Gasteiger partial charge in [0.2, 0.25) is 15.9 Å². The van der Waals surface area contributed by atoms with Crippen LogP contribution >= 0.6 is 15.9 Å². The molecule has 5 nitrogen and oxygen atoms in total. The van der Waals surface area contributed by atoms with E-state index in [4.69, 9.17) is 0 Å². The number of halogens is 1. The second kappa shape index (κ2) is 7.10. The van der Waals surface area contributed by atoms with Crippen LogP contribution in [0, 0.1) is 5.92 Å². The van der Waals surface area contributed by atoms with Gasteiger partial charge in [0.05, 0.1) is 4.90 Å². The maximum absolute atomic E-state index is 12.5. The molecule has 1 aliphatic rings. The fraction of sp³-hybridized carbons (Fsp3) is 0.533. The van der Waals surface area contributed by atoms with Crippen LogP contribution in [0.4, 0.5) is 0 Å². The maximum Gasteiger partial charge on any atom is 0.241 e. The highest BCUT2D eigenvalue weighted by Gasteiger charge is 2.32. The van der Waals surface area contributed by atoms with Gasteiger partial charge in [-0.05, 0) is 43.0 Å². The zero-order valence-electron chi connectivity index (χ0n) is 12.8. The summed E-state index contributed by atoms with van der Waals surface area (Å²) < 4.78 is 28.3. The Morgan fingerprint density at radius 2 is 1.73 bits per heavy atom. The number of benzene rings is 1. The molecule has 0 aromatic heterocycles. The van der Waals surface area contributed by atoms with E-state index in [0.717, 1.165) is 17.3 Å². The number of rotatable bonds is 5. The van der Waals surface area contributed by atoms with Crippen molar-refractivity contribution < 1.29 is 13.2 Å². The van der Waals surface area contributed by atoms with E-state index in [0.29, 0.717) is 13.1 Å². The number of hydrogen-bond acceptors (Lipinski definition) is 3. The summed E-state index contributed by atoms with van der Waals surface area (Å²) in [6.45, 7) is 5.12. The van der Waals surface area contributed by atoms with Crippen LogP contribution in [0.15, 0.2) is 33.6 Å². The van der Waals surface area contributed by atoms with Crippen LogP contribution in [0.2, 0.25) is 0 Å². The Morgan fingerprint density at radius 1 is 1.18 bits per heavy atom. The molecule has 1 fully saturated rings. The monoisotopic (exact) mass is 388 g/mol. The lowest BCUT2D eigenvalue weighted by Crippen LogP contribution is -2.50. The summed E-state index contributed by atoms with van der Waals surface area (Å²) in [5.74, 6) is -0.244. The fourth-order valence-electron chi connectivity index (χ4n) is 2.45. The highest BCUT2D eigenvalue weighted by molar-refractivity contribution is 9.10. The Bertz CT molecular complexity index is 623. The molecule has 1 heterocycles. The predicted molar refractivity (Wildman–Crippen MR) is 88.9 cm³/mol. The van der Waals surface area contributed by atoms with Gasteiger partial charge in [-0.2, -0.15) is 4.72 Å². The lowest BCUT2D eigenvalue weighted by Gasteiger charge is -2.26. The quantitative estimate of drug-likeness (QED) is 0.841. The Morgan fingerprint density at radius 3 is 2.23 bits per heavy atom. The molecular weight excluding hydrogens is 368 g/mol. The molecule has 1 amide bonds. The van der Waals surface area contributed by atoms with Gasteiger partial charge in [-0.25, -0.2) is 8.42 Å². The normalized spacial score (nSPS) is 17.0. The molecule has 0 unspecified atom stereocenters. The molecule has 7 heteroatoms. The number of carbonyl (C=O) groups excluding carboxylic acids is 1. The first-order valence-electron chi connectivity index (χ1n) is 7.38. The molecule has 1 saturated heterocycles. The molecule has 1 aliphatic heterocycles. The molecule has 1 atom stereocenters. The summed E-state index contributed by atoms with van der Waals surface area (Å²) in [7, 11) is -3.71. The lowest BCUT2D eigenvalue weighted by molar-refractivity contribution is -0.132. The average molecular weight is 389 g/mol. The Balaban J connectivity index is 2.19.